The molecule has 0 aliphatic rings. The maximum Gasteiger partial charge on any atom is 0.308 e. The second kappa shape index (κ2) is 4.61. The number of ether oxygens (including phenoxy) is 1. The Morgan fingerprint density at radius 3 is 2.73 bits per heavy atom. The van der Waals surface area contributed by atoms with Crippen LogP contribution >= 0.6 is 15.9 Å². The normalized spacial score (nSPS) is 10.1. The molecule has 0 bridgehead atoms. The van der Waals surface area contributed by atoms with Crippen LogP contribution in [-0.2, 0) is 11.2 Å². The Morgan fingerprint density at radius 1 is 1.67 bits per heavy atom. The van der Waals surface area contributed by atoms with Gasteiger partial charge in [-0.15, -0.1) is 0 Å². The lowest BCUT2D eigenvalue weighted by Crippen LogP contribution is -2.06. The van der Waals surface area contributed by atoms with E-state index >= 15 is 0 Å². The number of rotatable bonds is 3. The molecule has 0 aliphatic carbocycles. The first kappa shape index (κ1) is 12.0. The van der Waals surface area contributed by atoms with Gasteiger partial charge in [0, 0.05) is 5.56 Å². The summed E-state index contributed by atoms with van der Waals surface area (Å²) in [5.74, 6) is -1.39. The third-order valence-electron chi connectivity index (χ3n) is 1.98. The van der Waals surface area contributed by atoms with Gasteiger partial charge in [-0.3, -0.25) is 4.79 Å². The van der Waals surface area contributed by atoms with Crippen molar-refractivity contribution in [2.45, 2.75) is 13.3 Å². The first-order valence-electron chi connectivity index (χ1n) is 4.20. The summed E-state index contributed by atoms with van der Waals surface area (Å²) in [6.07, 6.45) is -0.394. The highest BCUT2D eigenvalue weighted by Gasteiger charge is 2.18. The predicted molar refractivity (Wildman–Crippen MR) is 56.7 cm³/mol. The number of carboxylic acid groups (broad SMARTS) is 1. The van der Waals surface area contributed by atoms with Gasteiger partial charge in [0.05, 0.1) is 18.0 Å². The molecule has 0 saturated carbocycles. The molecule has 1 rings (SSSR count). The van der Waals surface area contributed by atoms with E-state index < -0.39 is 18.2 Å². The van der Waals surface area contributed by atoms with Crippen LogP contribution < -0.4 is 4.74 Å². The Balaban J connectivity index is 3.36. The summed E-state index contributed by atoms with van der Waals surface area (Å²) in [5, 5.41) is 8.66. The van der Waals surface area contributed by atoms with Gasteiger partial charge >= 0.3 is 5.97 Å². The van der Waals surface area contributed by atoms with Crippen molar-refractivity contribution < 1.29 is 19.0 Å². The van der Waals surface area contributed by atoms with Crippen LogP contribution in [0.4, 0.5) is 4.39 Å². The molecule has 0 amide bonds. The maximum atomic E-state index is 13.6. The highest BCUT2D eigenvalue weighted by Crippen LogP contribution is 2.31. The Bertz CT molecular complexity index is 404. The molecular weight excluding hydrogens is 267 g/mol. The van der Waals surface area contributed by atoms with E-state index in [1.165, 1.54) is 7.11 Å². The van der Waals surface area contributed by atoms with E-state index in [0.29, 0.717) is 5.56 Å². The van der Waals surface area contributed by atoms with Crippen LogP contribution in [0.2, 0.25) is 0 Å². The molecule has 82 valence electrons. The lowest BCUT2D eigenvalue weighted by molar-refractivity contribution is -0.136. The minimum absolute atomic E-state index is 0.0666. The van der Waals surface area contributed by atoms with Crippen LogP contribution in [0.5, 0.6) is 5.75 Å². The van der Waals surface area contributed by atoms with Gasteiger partial charge in [-0.05, 0) is 34.5 Å². The van der Waals surface area contributed by atoms with Crippen molar-refractivity contribution in [3.8, 4) is 5.75 Å². The van der Waals surface area contributed by atoms with Gasteiger partial charge in [0.15, 0.2) is 0 Å². The summed E-state index contributed by atoms with van der Waals surface area (Å²) in [6, 6.07) is 1.56. The zero-order chi connectivity index (χ0) is 11.6. The van der Waals surface area contributed by atoms with Gasteiger partial charge in [0.25, 0.3) is 0 Å². The molecule has 1 aromatic carbocycles. The van der Waals surface area contributed by atoms with Crippen molar-refractivity contribution in [2.24, 2.45) is 0 Å². The predicted octanol–water partition coefficient (Wildman–Crippen LogP) is 2.53. The zero-order valence-corrected chi connectivity index (χ0v) is 9.89. The molecule has 0 aromatic heterocycles. The van der Waals surface area contributed by atoms with E-state index in [9.17, 15) is 9.18 Å². The molecule has 15 heavy (non-hydrogen) atoms. The molecule has 0 heterocycles. The molecule has 1 aromatic rings. The molecule has 1 N–H and O–H groups in total. The van der Waals surface area contributed by atoms with Gasteiger partial charge in [0.1, 0.15) is 11.6 Å². The molecule has 0 unspecified atom stereocenters. The third-order valence-corrected chi connectivity index (χ3v) is 2.56. The van der Waals surface area contributed by atoms with Crippen molar-refractivity contribution in [3.63, 3.8) is 0 Å². The topological polar surface area (TPSA) is 46.5 Å². The minimum Gasteiger partial charge on any atom is -0.496 e. The molecule has 0 saturated heterocycles. The average Bonchev–Trinajstić information content (AvgIpc) is 2.13. The SMILES string of the molecule is COc1c(C)cc(Br)c(F)c1CC(=O)O. The Labute approximate surface area is 95.0 Å². The number of carbonyl (C=O) groups is 1. The van der Waals surface area contributed by atoms with Crippen LogP contribution in [0.25, 0.3) is 0 Å². The summed E-state index contributed by atoms with van der Waals surface area (Å²) in [5.41, 5.74) is 0.763. The van der Waals surface area contributed by atoms with Gasteiger partial charge in [-0.2, -0.15) is 0 Å². The molecule has 0 atom stereocenters. The number of methoxy groups -OCH3 is 1. The fraction of sp³-hybridized carbons (Fsp3) is 0.300. The first-order valence-corrected chi connectivity index (χ1v) is 5.00. The average molecular weight is 277 g/mol. The van der Waals surface area contributed by atoms with E-state index in [0.717, 1.165) is 0 Å². The van der Waals surface area contributed by atoms with Crippen LogP contribution in [0, 0.1) is 12.7 Å². The van der Waals surface area contributed by atoms with Crippen molar-refractivity contribution in [1.29, 1.82) is 0 Å². The number of halogens is 2. The first-order chi connectivity index (χ1) is 6.97. The van der Waals surface area contributed by atoms with Gasteiger partial charge in [-0.25, -0.2) is 4.39 Å². The van der Waals surface area contributed by atoms with Crippen molar-refractivity contribution >= 4 is 21.9 Å². The van der Waals surface area contributed by atoms with Gasteiger partial charge in [0.2, 0.25) is 0 Å². The zero-order valence-electron chi connectivity index (χ0n) is 8.30. The highest BCUT2D eigenvalue weighted by molar-refractivity contribution is 9.10. The quantitative estimate of drug-likeness (QED) is 0.923. The number of benzene rings is 1. The molecule has 0 radical (unpaired) electrons. The van der Waals surface area contributed by atoms with Crippen LogP contribution in [0.3, 0.4) is 0 Å². The largest absolute Gasteiger partial charge is 0.496 e. The summed E-state index contributed by atoms with van der Waals surface area (Å²) in [7, 11) is 1.39. The highest BCUT2D eigenvalue weighted by atomic mass is 79.9. The Hall–Kier alpha value is -1.10. The van der Waals surface area contributed by atoms with Gasteiger partial charge in [-0.1, -0.05) is 0 Å². The van der Waals surface area contributed by atoms with Crippen molar-refractivity contribution in [2.75, 3.05) is 7.11 Å². The molecule has 5 heteroatoms. The molecule has 3 nitrogen and oxygen atoms in total. The molecule has 0 aliphatic heterocycles. The second-order valence-corrected chi connectivity index (χ2v) is 3.93. The fourth-order valence-corrected chi connectivity index (χ4v) is 1.98. The summed E-state index contributed by atoms with van der Waals surface area (Å²) in [4.78, 5) is 10.6. The second-order valence-electron chi connectivity index (χ2n) is 3.07. The maximum absolute atomic E-state index is 13.6. The van der Waals surface area contributed by atoms with Crippen LogP contribution in [-0.4, -0.2) is 18.2 Å². The van der Waals surface area contributed by atoms with Crippen molar-refractivity contribution in [1.82, 2.24) is 0 Å². The van der Waals surface area contributed by atoms with Gasteiger partial charge < -0.3 is 9.84 Å². The van der Waals surface area contributed by atoms with E-state index in [2.05, 4.69) is 15.9 Å². The molecular formula is C10H10BrFO3. The molecule has 0 fully saturated rings. The lowest BCUT2D eigenvalue weighted by Gasteiger charge is -2.12. The lowest BCUT2D eigenvalue weighted by atomic mass is 10.1. The monoisotopic (exact) mass is 276 g/mol. The molecule has 0 spiro atoms. The smallest absolute Gasteiger partial charge is 0.308 e. The Kier molecular flexibility index (Phi) is 3.68. The van der Waals surface area contributed by atoms with E-state index in [1.54, 1.807) is 13.0 Å². The van der Waals surface area contributed by atoms with E-state index in [1.807, 2.05) is 0 Å². The van der Waals surface area contributed by atoms with E-state index in [-0.39, 0.29) is 15.8 Å². The van der Waals surface area contributed by atoms with Crippen molar-refractivity contribution in [3.05, 3.63) is 27.5 Å². The number of hydrogen-bond acceptors (Lipinski definition) is 2. The minimum atomic E-state index is -1.09. The van der Waals surface area contributed by atoms with E-state index in [4.69, 9.17) is 9.84 Å². The van der Waals surface area contributed by atoms with Crippen LogP contribution in [0.15, 0.2) is 10.5 Å². The number of aryl methyl sites for hydroxylation is 1. The Morgan fingerprint density at radius 2 is 2.27 bits per heavy atom. The summed E-state index contributed by atoms with van der Waals surface area (Å²) < 4.78 is 18.8. The van der Waals surface area contributed by atoms with Crippen LogP contribution in [0.1, 0.15) is 11.1 Å². The standard InChI is InChI=1S/C10H10BrFO3/c1-5-3-7(11)9(12)6(4-8(13)14)10(5)15-2/h3H,4H2,1-2H3,(H,13,14). The summed E-state index contributed by atoms with van der Waals surface area (Å²) in [6.45, 7) is 1.73. The number of aliphatic carboxylic acids is 1. The number of carboxylic acids is 1. The summed E-state index contributed by atoms with van der Waals surface area (Å²) >= 11 is 3.03. The fourth-order valence-electron chi connectivity index (χ4n) is 1.39. The number of hydrogen-bond donors (Lipinski definition) is 1. The third kappa shape index (κ3) is 2.47.